The van der Waals surface area contributed by atoms with Crippen LogP contribution in [0.15, 0.2) is 72.9 Å². The molecule has 0 spiro atoms. The third kappa shape index (κ3) is 7.09. The molecule has 1 saturated heterocycles. The van der Waals surface area contributed by atoms with Crippen LogP contribution in [0.4, 0.5) is 18.9 Å². The van der Waals surface area contributed by atoms with E-state index in [4.69, 9.17) is 0 Å². The first-order valence-corrected chi connectivity index (χ1v) is 16.1. The number of aryl methyl sites for hydroxylation is 1. The molecule has 2 heterocycles. The number of amides is 1. The van der Waals surface area contributed by atoms with Crippen molar-refractivity contribution in [3.05, 3.63) is 101 Å². The average molecular weight is 629 g/mol. The van der Waals surface area contributed by atoms with E-state index in [9.17, 15) is 31.5 Å². The first-order chi connectivity index (χ1) is 21.0. The van der Waals surface area contributed by atoms with Crippen LogP contribution in [0.5, 0.6) is 0 Å². The number of halogens is 3. The topological polar surface area (TPSA) is 115 Å². The number of aliphatic hydroxyl groups is 1. The zero-order valence-electron chi connectivity index (χ0n) is 24.2. The predicted molar refractivity (Wildman–Crippen MR) is 164 cm³/mol. The number of nitrogens with one attached hydrogen (secondary N) is 3. The summed E-state index contributed by atoms with van der Waals surface area (Å²) in [7, 11) is -3.52. The van der Waals surface area contributed by atoms with E-state index in [2.05, 4.69) is 15.6 Å². The van der Waals surface area contributed by atoms with Gasteiger partial charge in [0.25, 0.3) is 5.91 Å². The highest BCUT2D eigenvalue weighted by atomic mass is 32.2. The number of nitrogens with zero attached hydrogens (tertiary/aromatic N) is 1. The van der Waals surface area contributed by atoms with Gasteiger partial charge in [-0.25, -0.2) is 8.42 Å². The molecule has 4 aromatic rings. The molecule has 0 saturated carbocycles. The van der Waals surface area contributed by atoms with Crippen molar-refractivity contribution in [3.63, 3.8) is 0 Å². The molecule has 4 N–H and O–H groups in total. The molecule has 1 amide bonds. The van der Waals surface area contributed by atoms with Gasteiger partial charge >= 0.3 is 6.18 Å². The van der Waals surface area contributed by atoms with E-state index >= 15 is 0 Å². The lowest BCUT2D eigenvalue weighted by Gasteiger charge is -2.25. The Morgan fingerprint density at radius 2 is 1.82 bits per heavy atom. The lowest BCUT2D eigenvalue weighted by Crippen LogP contribution is -2.48. The molecule has 3 aromatic carbocycles. The Balaban J connectivity index is 1.38. The number of alkyl halides is 3. The standard InChI is InChI=1S/C32H35F3N4O4S/c1-2-23-19-37-30-26(23)16-24(17-28(30)39-12-7-13-44(39,42)43)31(41)38-27(15-21-8-4-3-5-9-21)29(40)20-36-18-22-10-6-11-25(14-22)32(33,34)35/h3-6,8-11,14,16-17,19,27,29,36-37,40H,2,7,12-13,15,18,20H2,1H3,(H,38,41)/t27-,29+/m0/s1. The maximum Gasteiger partial charge on any atom is 0.416 e. The van der Waals surface area contributed by atoms with Gasteiger partial charge in [-0.2, -0.15) is 13.2 Å². The molecule has 0 aliphatic carbocycles. The van der Waals surface area contributed by atoms with Gasteiger partial charge in [-0.15, -0.1) is 0 Å². The number of sulfonamides is 1. The second-order valence-electron chi connectivity index (χ2n) is 11.0. The van der Waals surface area contributed by atoms with Crippen LogP contribution in [0.2, 0.25) is 0 Å². The molecule has 2 atom stereocenters. The fourth-order valence-corrected chi connectivity index (χ4v) is 7.13. The van der Waals surface area contributed by atoms with E-state index in [1.165, 1.54) is 10.4 Å². The molecule has 234 valence electrons. The molecule has 0 unspecified atom stereocenters. The maximum atomic E-state index is 13.7. The normalized spacial score (nSPS) is 16.2. The molecule has 1 fully saturated rings. The summed E-state index contributed by atoms with van der Waals surface area (Å²) in [6, 6.07) is 16.8. The molecular formula is C32H35F3N4O4S. The zero-order chi connectivity index (χ0) is 31.5. The third-order valence-corrected chi connectivity index (χ3v) is 9.74. The van der Waals surface area contributed by atoms with Crippen LogP contribution in [-0.2, 0) is 35.6 Å². The molecule has 1 aliphatic heterocycles. The van der Waals surface area contributed by atoms with Gasteiger partial charge in [-0.1, -0.05) is 55.5 Å². The molecule has 0 radical (unpaired) electrons. The van der Waals surface area contributed by atoms with E-state index in [1.54, 1.807) is 18.2 Å². The first kappa shape index (κ1) is 31.6. The third-order valence-electron chi connectivity index (χ3n) is 7.88. The van der Waals surface area contributed by atoms with Crippen LogP contribution in [-0.4, -0.2) is 55.4 Å². The van der Waals surface area contributed by atoms with E-state index < -0.39 is 39.8 Å². The molecule has 8 nitrogen and oxygen atoms in total. The first-order valence-electron chi connectivity index (χ1n) is 14.5. The summed E-state index contributed by atoms with van der Waals surface area (Å²) in [6.07, 6.45) is -2.29. The second-order valence-corrected chi connectivity index (χ2v) is 13.0. The highest BCUT2D eigenvalue weighted by molar-refractivity contribution is 7.93. The Morgan fingerprint density at radius 3 is 2.50 bits per heavy atom. The van der Waals surface area contributed by atoms with Crippen LogP contribution in [0.1, 0.15) is 46.0 Å². The van der Waals surface area contributed by atoms with Crippen molar-refractivity contribution in [3.8, 4) is 0 Å². The number of H-pyrrole nitrogens is 1. The van der Waals surface area contributed by atoms with Gasteiger partial charge in [0.05, 0.1) is 34.7 Å². The smallest absolute Gasteiger partial charge is 0.390 e. The Bertz CT molecular complexity index is 1720. The fraction of sp³-hybridized carbons (Fsp3) is 0.344. The SMILES string of the molecule is CCc1c[nH]c2c(N3CCCS3(=O)=O)cc(C(=O)N[C@@H](Cc3ccccc3)[C@H](O)CNCc3cccc(C(F)(F)F)c3)cc12. The van der Waals surface area contributed by atoms with E-state index in [1.807, 2.05) is 43.5 Å². The quantitative estimate of drug-likeness (QED) is 0.191. The van der Waals surface area contributed by atoms with E-state index in [0.29, 0.717) is 42.6 Å². The molecule has 1 aromatic heterocycles. The van der Waals surface area contributed by atoms with Crippen molar-refractivity contribution in [2.45, 2.75) is 51.1 Å². The molecule has 1 aliphatic rings. The van der Waals surface area contributed by atoms with Crippen LogP contribution in [0.3, 0.4) is 0 Å². The zero-order valence-corrected chi connectivity index (χ0v) is 25.0. The van der Waals surface area contributed by atoms with E-state index in [-0.39, 0.29) is 24.4 Å². The molecule has 12 heteroatoms. The number of hydrogen-bond acceptors (Lipinski definition) is 5. The number of hydrogen-bond donors (Lipinski definition) is 4. The highest BCUT2D eigenvalue weighted by Gasteiger charge is 2.32. The Morgan fingerprint density at radius 1 is 1.07 bits per heavy atom. The van der Waals surface area contributed by atoms with Crippen molar-refractivity contribution in [1.82, 2.24) is 15.6 Å². The van der Waals surface area contributed by atoms with Crippen LogP contribution < -0.4 is 14.9 Å². The number of aromatic nitrogens is 1. The highest BCUT2D eigenvalue weighted by Crippen LogP contribution is 2.34. The fourth-order valence-electron chi connectivity index (χ4n) is 5.57. The number of fused-ring (bicyclic) bond motifs is 1. The summed E-state index contributed by atoms with van der Waals surface area (Å²) >= 11 is 0. The monoisotopic (exact) mass is 628 g/mol. The summed E-state index contributed by atoms with van der Waals surface area (Å²) < 4.78 is 66.3. The summed E-state index contributed by atoms with van der Waals surface area (Å²) in [5.41, 5.74) is 2.77. The maximum absolute atomic E-state index is 13.7. The van der Waals surface area contributed by atoms with Gasteiger partial charge < -0.3 is 20.7 Å². The molecule has 44 heavy (non-hydrogen) atoms. The van der Waals surface area contributed by atoms with Crippen molar-refractivity contribution < 1.29 is 31.5 Å². The number of aromatic amines is 1. The minimum absolute atomic E-state index is 0.00211. The summed E-state index contributed by atoms with van der Waals surface area (Å²) in [6.45, 7) is 2.38. The number of anilines is 1. The lowest BCUT2D eigenvalue weighted by atomic mass is 9.99. The van der Waals surface area contributed by atoms with Gasteiger partial charge in [0, 0.05) is 36.8 Å². The van der Waals surface area contributed by atoms with Crippen molar-refractivity contribution in [1.29, 1.82) is 0 Å². The van der Waals surface area contributed by atoms with Crippen molar-refractivity contribution in [2.24, 2.45) is 0 Å². The van der Waals surface area contributed by atoms with Crippen LogP contribution >= 0.6 is 0 Å². The number of carbonyl (C=O) groups excluding carboxylic acids is 1. The Kier molecular flexibility index (Phi) is 9.33. The van der Waals surface area contributed by atoms with Gasteiger partial charge in [-0.05, 0) is 54.2 Å². The summed E-state index contributed by atoms with van der Waals surface area (Å²) in [5, 5.41) is 17.9. The number of benzene rings is 3. The van der Waals surface area contributed by atoms with Crippen LogP contribution in [0, 0.1) is 0 Å². The van der Waals surface area contributed by atoms with Gasteiger partial charge in [0.1, 0.15) is 0 Å². The number of carbonyl (C=O) groups is 1. The molecule has 5 rings (SSSR count). The van der Waals surface area contributed by atoms with Crippen molar-refractivity contribution in [2.75, 3.05) is 23.1 Å². The average Bonchev–Trinajstić information content (AvgIpc) is 3.58. The van der Waals surface area contributed by atoms with Gasteiger partial charge in [0.2, 0.25) is 10.0 Å². The van der Waals surface area contributed by atoms with Crippen molar-refractivity contribution >= 4 is 32.5 Å². The predicted octanol–water partition coefficient (Wildman–Crippen LogP) is 4.78. The molecule has 0 bridgehead atoms. The Labute approximate surface area is 254 Å². The lowest BCUT2D eigenvalue weighted by molar-refractivity contribution is -0.137. The number of aliphatic hydroxyl groups excluding tert-OH is 1. The van der Waals surface area contributed by atoms with Gasteiger partial charge in [0.15, 0.2) is 0 Å². The van der Waals surface area contributed by atoms with Gasteiger partial charge in [-0.3, -0.25) is 9.10 Å². The summed E-state index contributed by atoms with van der Waals surface area (Å²) in [5.74, 6) is -0.448. The number of rotatable bonds is 11. The Hall–Kier alpha value is -3.87. The molecular weight excluding hydrogens is 593 g/mol. The van der Waals surface area contributed by atoms with E-state index in [0.717, 1.165) is 28.6 Å². The minimum Gasteiger partial charge on any atom is -0.390 e. The minimum atomic E-state index is -4.46. The summed E-state index contributed by atoms with van der Waals surface area (Å²) in [4.78, 5) is 16.9. The van der Waals surface area contributed by atoms with Crippen LogP contribution in [0.25, 0.3) is 10.9 Å². The largest absolute Gasteiger partial charge is 0.416 e. The second kappa shape index (κ2) is 13.0.